The summed E-state index contributed by atoms with van der Waals surface area (Å²) >= 11 is 0. The van der Waals surface area contributed by atoms with E-state index in [4.69, 9.17) is 0 Å². The summed E-state index contributed by atoms with van der Waals surface area (Å²) < 4.78 is 0. The summed E-state index contributed by atoms with van der Waals surface area (Å²) in [6.07, 6.45) is 12.7. The lowest BCUT2D eigenvalue weighted by molar-refractivity contribution is -0.112. The van der Waals surface area contributed by atoms with Gasteiger partial charge in [0.15, 0.2) is 0 Å². The van der Waals surface area contributed by atoms with Crippen molar-refractivity contribution < 1.29 is 4.79 Å². The first kappa shape index (κ1) is 9.24. The smallest absolute Gasteiger partial charge is 0.123 e. The molecule has 66 valence electrons. The van der Waals surface area contributed by atoms with E-state index >= 15 is 0 Å². The maximum atomic E-state index is 10.7. The fraction of sp³-hybridized carbons (Fsp3) is 0.545. The Morgan fingerprint density at radius 2 is 2.17 bits per heavy atom. The molecule has 0 saturated carbocycles. The molecule has 0 amide bonds. The van der Waals surface area contributed by atoms with Crippen LogP contribution in [0.5, 0.6) is 0 Å². The van der Waals surface area contributed by atoms with Crippen LogP contribution in [0.4, 0.5) is 0 Å². The van der Waals surface area contributed by atoms with Crippen LogP contribution in [0.15, 0.2) is 24.3 Å². The van der Waals surface area contributed by atoms with Crippen molar-refractivity contribution in [2.24, 2.45) is 11.8 Å². The van der Waals surface area contributed by atoms with Crippen molar-refractivity contribution >= 4 is 6.29 Å². The summed E-state index contributed by atoms with van der Waals surface area (Å²) in [5.74, 6) is 0.617. The van der Waals surface area contributed by atoms with E-state index in [2.05, 4.69) is 31.2 Å². The molecule has 1 aliphatic rings. The number of carbonyl (C=O) groups is 1. The summed E-state index contributed by atoms with van der Waals surface area (Å²) in [6, 6.07) is 0. The van der Waals surface area contributed by atoms with Crippen molar-refractivity contribution in [1.82, 2.24) is 0 Å². The predicted molar refractivity (Wildman–Crippen MR) is 50.8 cm³/mol. The van der Waals surface area contributed by atoms with Gasteiger partial charge in [0.05, 0.1) is 0 Å². The van der Waals surface area contributed by atoms with Gasteiger partial charge >= 0.3 is 0 Å². The Bertz CT molecular complexity index is 191. The van der Waals surface area contributed by atoms with Crippen molar-refractivity contribution in [1.29, 1.82) is 0 Å². The number of rotatable bonds is 1. The molecule has 0 aromatic heterocycles. The zero-order valence-electron chi connectivity index (χ0n) is 7.57. The highest BCUT2D eigenvalue weighted by Gasteiger charge is 2.12. The van der Waals surface area contributed by atoms with Gasteiger partial charge in [-0.1, -0.05) is 31.2 Å². The summed E-state index contributed by atoms with van der Waals surface area (Å²) in [5, 5.41) is 0. The second-order valence-corrected chi connectivity index (χ2v) is 3.37. The first-order valence-corrected chi connectivity index (χ1v) is 4.61. The van der Waals surface area contributed by atoms with Gasteiger partial charge in [-0.2, -0.15) is 0 Å². The summed E-state index contributed by atoms with van der Waals surface area (Å²) in [4.78, 5) is 10.7. The molecule has 0 N–H and O–H groups in total. The molecule has 0 aromatic rings. The van der Waals surface area contributed by atoms with Gasteiger partial charge in [-0.15, -0.1) is 0 Å². The van der Waals surface area contributed by atoms with Crippen LogP contribution in [0.1, 0.15) is 26.2 Å². The topological polar surface area (TPSA) is 17.1 Å². The Balaban J connectivity index is 2.60. The summed E-state index contributed by atoms with van der Waals surface area (Å²) in [6.45, 7) is 2.11. The molecule has 1 rings (SSSR count). The van der Waals surface area contributed by atoms with Crippen molar-refractivity contribution in [3.05, 3.63) is 24.3 Å². The first-order valence-electron chi connectivity index (χ1n) is 4.61. The fourth-order valence-electron chi connectivity index (χ4n) is 1.47. The predicted octanol–water partition coefficient (Wildman–Crippen LogP) is 2.73. The molecular formula is C11H16O. The standard InChI is InChI=1S/C11H16O/c1-10-7-5-3-2-4-6-8-11(10)9-12/h2,4-5,7,9-11H,3,6,8H2,1H3. The van der Waals surface area contributed by atoms with Crippen LogP contribution in [0, 0.1) is 11.8 Å². The lowest BCUT2D eigenvalue weighted by Gasteiger charge is -2.13. The quantitative estimate of drug-likeness (QED) is 0.430. The van der Waals surface area contributed by atoms with Crippen LogP contribution in [0.3, 0.4) is 0 Å². The Morgan fingerprint density at radius 1 is 1.33 bits per heavy atom. The van der Waals surface area contributed by atoms with Crippen LogP contribution >= 0.6 is 0 Å². The molecule has 0 saturated heterocycles. The zero-order chi connectivity index (χ0) is 8.81. The highest BCUT2D eigenvalue weighted by molar-refractivity contribution is 5.54. The van der Waals surface area contributed by atoms with E-state index < -0.39 is 0 Å². The molecule has 0 radical (unpaired) electrons. The van der Waals surface area contributed by atoms with E-state index in [1.807, 2.05) is 0 Å². The average molecular weight is 164 g/mol. The second-order valence-electron chi connectivity index (χ2n) is 3.37. The minimum atomic E-state index is 0.212. The van der Waals surface area contributed by atoms with Crippen molar-refractivity contribution in [3.63, 3.8) is 0 Å². The molecule has 0 bridgehead atoms. The van der Waals surface area contributed by atoms with Crippen LogP contribution in [0.25, 0.3) is 0 Å². The molecule has 0 fully saturated rings. The third-order valence-electron chi connectivity index (χ3n) is 2.40. The maximum Gasteiger partial charge on any atom is 0.123 e. The number of aldehydes is 1. The van der Waals surface area contributed by atoms with Gasteiger partial charge in [0.25, 0.3) is 0 Å². The Hall–Kier alpha value is -0.850. The summed E-state index contributed by atoms with van der Waals surface area (Å²) in [5.41, 5.74) is 0. The molecule has 0 aliphatic heterocycles. The van der Waals surface area contributed by atoms with Crippen molar-refractivity contribution in [2.75, 3.05) is 0 Å². The molecule has 0 aromatic carbocycles. The third-order valence-corrected chi connectivity index (χ3v) is 2.40. The van der Waals surface area contributed by atoms with E-state index in [1.54, 1.807) is 0 Å². The van der Waals surface area contributed by atoms with Crippen molar-refractivity contribution in [3.8, 4) is 0 Å². The molecule has 1 heteroatoms. The molecule has 2 unspecified atom stereocenters. The van der Waals surface area contributed by atoms with Gasteiger partial charge in [-0.3, -0.25) is 0 Å². The SMILES string of the molecule is CC1C=CCC=CCCC1C=O. The van der Waals surface area contributed by atoms with E-state index in [0.717, 1.165) is 25.5 Å². The molecule has 0 spiro atoms. The second kappa shape index (κ2) is 4.91. The summed E-state index contributed by atoms with van der Waals surface area (Å²) in [7, 11) is 0. The van der Waals surface area contributed by atoms with Gasteiger partial charge in [0.1, 0.15) is 6.29 Å². The molecule has 12 heavy (non-hydrogen) atoms. The maximum absolute atomic E-state index is 10.7. The zero-order valence-corrected chi connectivity index (χ0v) is 7.57. The Labute approximate surface area is 74.2 Å². The molecule has 1 nitrogen and oxygen atoms in total. The average Bonchev–Trinajstić information content (AvgIpc) is 2.17. The molecular weight excluding hydrogens is 148 g/mol. The van der Waals surface area contributed by atoms with Crippen molar-refractivity contribution in [2.45, 2.75) is 26.2 Å². The minimum Gasteiger partial charge on any atom is -0.303 e. The van der Waals surface area contributed by atoms with Gasteiger partial charge in [-0.25, -0.2) is 0 Å². The van der Waals surface area contributed by atoms with Crippen LogP contribution in [-0.4, -0.2) is 6.29 Å². The van der Waals surface area contributed by atoms with Gasteiger partial charge in [-0.05, 0) is 25.2 Å². The normalized spacial score (nSPS) is 30.4. The Kier molecular flexibility index (Phi) is 3.78. The molecule has 2 atom stereocenters. The molecule has 0 heterocycles. The minimum absolute atomic E-state index is 0.212. The first-order chi connectivity index (χ1) is 5.84. The monoisotopic (exact) mass is 164 g/mol. The highest BCUT2D eigenvalue weighted by atomic mass is 16.1. The fourth-order valence-corrected chi connectivity index (χ4v) is 1.47. The largest absolute Gasteiger partial charge is 0.303 e. The number of carbonyl (C=O) groups excluding carboxylic acids is 1. The molecule has 1 aliphatic carbocycles. The number of hydrogen-bond acceptors (Lipinski definition) is 1. The van der Waals surface area contributed by atoms with Crippen LogP contribution < -0.4 is 0 Å². The van der Waals surface area contributed by atoms with E-state index in [0.29, 0.717) is 5.92 Å². The van der Waals surface area contributed by atoms with E-state index in [1.165, 1.54) is 0 Å². The van der Waals surface area contributed by atoms with Crippen LogP contribution in [0.2, 0.25) is 0 Å². The third kappa shape index (κ3) is 2.65. The van der Waals surface area contributed by atoms with Gasteiger partial charge in [0, 0.05) is 5.92 Å². The number of hydrogen-bond donors (Lipinski definition) is 0. The van der Waals surface area contributed by atoms with E-state index in [9.17, 15) is 4.79 Å². The van der Waals surface area contributed by atoms with Gasteiger partial charge < -0.3 is 4.79 Å². The lowest BCUT2D eigenvalue weighted by Crippen LogP contribution is -2.10. The van der Waals surface area contributed by atoms with Crippen LogP contribution in [-0.2, 0) is 4.79 Å². The number of allylic oxidation sites excluding steroid dienone is 4. The lowest BCUT2D eigenvalue weighted by atomic mass is 9.91. The van der Waals surface area contributed by atoms with E-state index in [-0.39, 0.29) is 5.92 Å². The Morgan fingerprint density at radius 3 is 2.92 bits per heavy atom. The van der Waals surface area contributed by atoms with Gasteiger partial charge in [0.2, 0.25) is 0 Å². The highest BCUT2D eigenvalue weighted by Crippen LogP contribution is 2.18.